The molecule has 6 nitrogen and oxygen atoms in total. The zero-order valence-electron chi connectivity index (χ0n) is 15.1. The molecule has 1 amide bonds. The molecular weight excluding hydrogens is 386 g/mol. The summed E-state index contributed by atoms with van der Waals surface area (Å²) < 4.78 is 1.01. The first-order chi connectivity index (χ1) is 14.1. The Hall–Kier alpha value is -3.84. The van der Waals surface area contributed by atoms with Crippen LogP contribution in [0.4, 0.5) is 5.69 Å². The van der Waals surface area contributed by atoms with E-state index in [4.69, 9.17) is 0 Å². The number of hydrogen-bond donors (Lipinski definition) is 1. The second kappa shape index (κ2) is 8.04. The Kier molecular flexibility index (Phi) is 5.13. The molecule has 1 aromatic heterocycles. The standard InChI is InChI=1S/C22H15N3O3S/c26-21(16-6-2-1-3-7-16)23-19(14-15-10-12-17(13-11-15)25(27)28)22-24-18-8-4-5-9-20(18)29-22/h1-14H,(H,23,26). The number of hydrogen-bond acceptors (Lipinski definition) is 5. The molecule has 0 unspecified atom stereocenters. The Morgan fingerprint density at radius 1 is 0.966 bits per heavy atom. The molecule has 0 atom stereocenters. The van der Waals surface area contributed by atoms with Gasteiger partial charge in [-0.15, -0.1) is 11.3 Å². The van der Waals surface area contributed by atoms with Crippen LogP contribution in [-0.4, -0.2) is 15.8 Å². The molecule has 0 aliphatic heterocycles. The second-order valence-electron chi connectivity index (χ2n) is 6.21. The maximum atomic E-state index is 12.7. The van der Waals surface area contributed by atoms with Crippen LogP contribution in [0.5, 0.6) is 0 Å². The summed E-state index contributed by atoms with van der Waals surface area (Å²) in [6.07, 6.45) is 1.77. The molecule has 7 heteroatoms. The fourth-order valence-corrected chi connectivity index (χ4v) is 3.72. The van der Waals surface area contributed by atoms with E-state index in [0.717, 1.165) is 15.8 Å². The fraction of sp³-hybridized carbons (Fsp3) is 0. The van der Waals surface area contributed by atoms with Crippen molar-refractivity contribution in [1.82, 2.24) is 10.3 Å². The monoisotopic (exact) mass is 401 g/mol. The van der Waals surface area contributed by atoms with Gasteiger partial charge in [-0.1, -0.05) is 30.3 Å². The first-order valence-electron chi connectivity index (χ1n) is 8.79. The highest BCUT2D eigenvalue weighted by Crippen LogP contribution is 2.27. The van der Waals surface area contributed by atoms with Crippen LogP contribution in [0.2, 0.25) is 0 Å². The van der Waals surface area contributed by atoms with Crippen molar-refractivity contribution < 1.29 is 9.72 Å². The zero-order valence-corrected chi connectivity index (χ0v) is 15.9. The maximum Gasteiger partial charge on any atom is 0.269 e. The molecule has 4 aromatic rings. The number of benzene rings is 3. The van der Waals surface area contributed by atoms with Crippen LogP contribution in [0.25, 0.3) is 22.0 Å². The van der Waals surface area contributed by atoms with E-state index >= 15 is 0 Å². The number of rotatable bonds is 5. The van der Waals surface area contributed by atoms with Crippen LogP contribution in [0, 0.1) is 10.1 Å². The van der Waals surface area contributed by atoms with Crippen LogP contribution in [-0.2, 0) is 0 Å². The Balaban J connectivity index is 1.73. The lowest BCUT2D eigenvalue weighted by molar-refractivity contribution is -0.384. The van der Waals surface area contributed by atoms with Gasteiger partial charge in [-0.05, 0) is 48.0 Å². The van der Waals surface area contributed by atoms with Gasteiger partial charge in [-0.2, -0.15) is 0 Å². The summed E-state index contributed by atoms with van der Waals surface area (Å²) in [7, 11) is 0. The highest BCUT2D eigenvalue weighted by atomic mass is 32.1. The quantitative estimate of drug-likeness (QED) is 0.371. The summed E-state index contributed by atoms with van der Waals surface area (Å²) >= 11 is 1.47. The van der Waals surface area contributed by atoms with E-state index in [1.54, 1.807) is 42.5 Å². The van der Waals surface area contributed by atoms with E-state index in [2.05, 4.69) is 10.3 Å². The molecular formula is C22H15N3O3S. The molecule has 0 aliphatic rings. The van der Waals surface area contributed by atoms with Gasteiger partial charge in [0, 0.05) is 17.7 Å². The fourth-order valence-electron chi connectivity index (χ4n) is 2.78. The van der Waals surface area contributed by atoms with Crippen LogP contribution in [0.1, 0.15) is 20.9 Å². The summed E-state index contributed by atoms with van der Waals surface area (Å²) in [6.45, 7) is 0. The van der Waals surface area contributed by atoms with Gasteiger partial charge in [-0.25, -0.2) is 4.98 Å². The lowest BCUT2D eigenvalue weighted by atomic mass is 10.1. The number of carbonyl (C=O) groups excluding carboxylic acids is 1. The summed E-state index contributed by atoms with van der Waals surface area (Å²) in [5.74, 6) is -0.252. The van der Waals surface area contributed by atoms with Crippen molar-refractivity contribution in [1.29, 1.82) is 0 Å². The number of nitro groups is 1. The van der Waals surface area contributed by atoms with Gasteiger partial charge < -0.3 is 5.32 Å². The SMILES string of the molecule is O=C(NC(=Cc1ccc([N+](=O)[O-])cc1)c1nc2ccccc2s1)c1ccccc1. The topological polar surface area (TPSA) is 85.1 Å². The molecule has 0 bridgehead atoms. The van der Waals surface area contributed by atoms with E-state index in [-0.39, 0.29) is 11.6 Å². The van der Waals surface area contributed by atoms with Crippen molar-refractivity contribution in [3.63, 3.8) is 0 Å². The number of para-hydroxylation sites is 1. The highest BCUT2D eigenvalue weighted by Gasteiger charge is 2.14. The number of non-ortho nitro benzene ring substituents is 1. The number of aromatic nitrogens is 1. The average molecular weight is 401 g/mol. The molecule has 0 saturated carbocycles. The summed E-state index contributed by atoms with van der Waals surface area (Å²) in [6, 6.07) is 22.8. The third kappa shape index (κ3) is 4.20. The number of nitro benzene ring substituents is 1. The summed E-state index contributed by atoms with van der Waals surface area (Å²) in [5, 5.41) is 14.5. The number of thiazole rings is 1. The Morgan fingerprint density at radius 3 is 2.34 bits per heavy atom. The van der Waals surface area contributed by atoms with Crippen molar-refractivity contribution in [3.05, 3.63) is 105 Å². The first-order valence-corrected chi connectivity index (χ1v) is 9.60. The van der Waals surface area contributed by atoms with Gasteiger partial charge in [0.25, 0.3) is 11.6 Å². The molecule has 0 spiro atoms. The zero-order chi connectivity index (χ0) is 20.2. The Bertz CT molecular complexity index is 1180. The maximum absolute atomic E-state index is 12.7. The van der Waals surface area contributed by atoms with E-state index in [1.165, 1.54) is 23.5 Å². The van der Waals surface area contributed by atoms with Crippen molar-refractivity contribution in [2.45, 2.75) is 0 Å². The number of amides is 1. The van der Waals surface area contributed by atoms with Crippen molar-refractivity contribution >= 4 is 44.9 Å². The van der Waals surface area contributed by atoms with Crippen molar-refractivity contribution in [2.75, 3.05) is 0 Å². The summed E-state index contributed by atoms with van der Waals surface area (Å²) in [4.78, 5) is 27.8. The highest BCUT2D eigenvalue weighted by molar-refractivity contribution is 7.19. The smallest absolute Gasteiger partial charge is 0.269 e. The third-order valence-electron chi connectivity index (χ3n) is 4.22. The molecule has 29 heavy (non-hydrogen) atoms. The third-order valence-corrected chi connectivity index (χ3v) is 5.29. The van der Waals surface area contributed by atoms with E-state index < -0.39 is 4.92 Å². The molecule has 3 aromatic carbocycles. The van der Waals surface area contributed by atoms with Crippen LogP contribution < -0.4 is 5.32 Å². The van der Waals surface area contributed by atoms with Crippen LogP contribution >= 0.6 is 11.3 Å². The Labute approximate surface area is 170 Å². The second-order valence-corrected chi connectivity index (χ2v) is 7.24. The molecule has 4 rings (SSSR count). The largest absolute Gasteiger partial charge is 0.319 e. The van der Waals surface area contributed by atoms with E-state index in [9.17, 15) is 14.9 Å². The molecule has 142 valence electrons. The lowest BCUT2D eigenvalue weighted by Gasteiger charge is -2.08. The summed E-state index contributed by atoms with van der Waals surface area (Å²) in [5.41, 5.74) is 2.64. The van der Waals surface area contributed by atoms with E-state index in [0.29, 0.717) is 16.3 Å². The minimum absolute atomic E-state index is 0.0111. The normalized spacial score (nSPS) is 11.4. The Morgan fingerprint density at radius 2 is 1.66 bits per heavy atom. The average Bonchev–Trinajstić information content (AvgIpc) is 3.18. The van der Waals surface area contributed by atoms with Crippen molar-refractivity contribution in [3.8, 4) is 0 Å². The van der Waals surface area contributed by atoms with Crippen molar-refractivity contribution in [2.24, 2.45) is 0 Å². The minimum atomic E-state index is -0.445. The number of nitrogens with one attached hydrogen (secondary N) is 1. The van der Waals surface area contributed by atoms with Gasteiger partial charge >= 0.3 is 0 Å². The molecule has 1 heterocycles. The number of fused-ring (bicyclic) bond motifs is 1. The number of nitrogens with zero attached hydrogens (tertiary/aromatic N) is 2. The van der Waals surface area contributed by atoms with Crippen LogP contribution in [0.3, 0.4) is 0 Å². The lowest BCUT2D eigenvalue weighted by Crippen LogP contribution is -2.21. The van der Waals surface area contributed by atoms with Gasteiger partial charge in [0.2, 0.25) is 0 Å². The van der Waals surface area contributed by atoms with E-state index in [1.807, 2.05) is 30.3 Å². The minimum Gasteiger partial charge on any atom is -0.319 e. The predicted octanol–water partition coefficient (Wildman–Crippen LogP) is 5.13. The molecule has 0 radical (unpaired) electrons. The van der Waals surface area contributed by atoms with Gasteiger partial charge in [0.15, 0.2) is 0 Å². The predicted molar refractivity (Wildman–Crippen MR) is 114 cm³/mol. The molecule has 1 N–H and O–H groups in total. The first kappa shape index (κ1) is 18.5. The van der Waals surface area contributed by atoms with Crippen LogP contribution in [0.15, 0.2) is 78.9 Å². The van der Waals surface area contributed by atoms with Gasteiger partial charge in [0.1, 0.15) is 5.01 Å². The molecule has 0 saturated heterocycles. The van der Waals surface area contributed by atoms with Gasteiger partial charge in [-0.3, -0.25) is 14.9 Å². The number of carbonyl (C=O) groups is 1. The van der Waals surface area contributed by atoms with Gasteiger partial charge in [0.05, 0.1) is 20.8 Å². The molecule has 0 fully saturated rings. The molecule has 0 aliphatic carbocycles.